The maximum Gasteiger partial charge on any atom is 0.443 e. The average Bonchev–Trinajstić information content (AvgIpc) is 2.50. The lowest BCUT2D eigenvalue weighted by atomic mass is 10.2. The van der Waals surface area contributed by atoms with Gasteiger partial charge >= 0.3 is 6.18 Å². The van der Waals surface area contributed by atoms with Crippen LogP contribution in [0, 0.1) is 0 Å². The number of nitrogens with two attached hydrogens (primary N) is 1. The average molecular weight is 210 g/mol. The van der Waals surface area contributed by atoms with Crippen molar-refractivity contribution in [3.63, 3.8) is 0 Å². The van der Waals surface area contributed by atoms with Crippen molar-refractivity contribution in [1.29, 1.82) is 0 Å². The fourth-order valence-electron chi connectivity index (χ4n) is 0.796. The summed E-state index contributed by atoms with van der Waals surface area (Å²) in [5, 5.41) is 0.531. The lowest BCUT2D eigenvalue weighted by Crippen LogP contribution is -2.10. The Morgan fingerprint density at radius 1 is 1.62 bits per heavy atom. The Hall–Kier alpha value is -0.620. The molecule has 0 radical (unpaired) electrons. The van der Waals surface area contributed by atoms with E-state index in [2.05, 4.69) is 4.98 Å². The molecule has 0 amide bonds. The van der Waals surface area contributed by atoms with Crippen molar-refractivity contribution >= 4 is 11.3 Å². The van der Waals surface area contributed by atoms with E-state index >= 15 is 0 Å². The van der Waals surface area contributed by atoms with Gasteiger partial charge in [0.2, 0.25) is 0 Å². The molecular formula is C7H9F3N2S. The first kappa shape index (κ1) is 10.5. The van der Waals surface area contributed by atoms with E-state index in [1.807, 2.05) is 0 Å². The molecule has 1 aromatic rings. The second kappa shape index (κ2) is 3.63. The fraction of sp³-hybridized carbons (Fsp3) is 0.571. The molecule has 0 saturated heterocycles. The summed E-state index contributed by atoms with van der Waals surface area (Å²) in [6.07, 6.45) is -3.77. The van der Waals surface area contributed by atoms with E-state index in [4.69, 9.17) is 5.73 Å². The molecule has 1 rings (SSSR count). The third-order valence-corrected chi connectivity index (χ3v) is 2.49. The van der Waals surface area contributed by atoms with Crippen molar-refractivity contribution < 1.29 is 13.2 Å². The van der Waals surface area contributed by atoms with Crippen molar-refractivity contribution in [1.82, 2.24) is 4.98 Å². The van der Waals surface area contributed by atoms with Gasteiger partial charge in [0.15, 0.2) is 5.01 Å². The first-order valence-electron chi connectivity index (χ1n) is 3.73. The highest BCUT2D eigenvalue weighted by atomic mass is 32.1. The van der Waals surface area contributed by atoms with Gasteiger partial charge in [-0.15, -0.1) is 11.3 Å². The minimum atomic E-state index is -4.35. The molecule has 1 atom stereocenters. The molecule has 0 fully saturated rings. The molecule has 0 aliphatic carbocycles. The third kappa shape index (κ3) is 2.41. The number of thiazole rings is 1. The predicted molar refractivity (Wildman–Crippen MR) is 44.3 cm³/mol. The highest BCUT2D eigenvalue weighted by Crippen LogP contribution is 2.32. The minimum Gasteiger partial charge on any atom is -0.323 e. The molecule has 74 valence electrons. The lowest BCUT2D eigenvalue weighted by Gasteiger charge is -2.03. The van der Waals surface area contributed by atoms with Gasteiger partial charge in [-0.1, -0.05) is 6.92 Å². The zero-order valence-corrected chi connectivity index (χ0v) is 7.75. The van der Waals surface area contributed by atoms with E-state index in [9.17, 15) is 13.2 Å². The number of hydrogen-bond donors (Lipinski definition) is 1. The molecule has 1 heterocycles. The SMILES string of the molecule is CCC(N)c1csc(C(F)(F)F)n1. The van der Waals surface area contributed by atoms with E-state index in [1.165, 1.54) is 5.38 Å². The van der Waals surface area contributed by atoms with E-state index in [1.54, 1.807) is 6.92 Å². The van der Waals surface area contributed by atoms with Gasteiger partial charge in [-0.2, -0.15) is 13.2 Å². The van der Waals surface area contributed by atoms with Crippen LogP contribution in [0.1, 0.15) is 30.1 Å². The number of aromatic nitrogens is 1. The van der Waals surface area contributed by atoms with Crippen LogP contribution in [0.25, 0.3) is 0 Å². The van der Waals surface area contributed by atoms with Crippen molar-refractivity contribution in [2.75, 3.05) is 0 Å². The molecule has 13 heavy (non-hydrogen) atoms. The summed E-state index contributed by atoms with van der Waals surface area (Å²) in [5.41, 5.74) is 5.85. The zero-order valence-electron chi connectivity index (χ0n) is 6.93. The van der Waals surface area contributed by atoms with E-state index in [-0.39, 0.29) is 0 Å². The van der Waals surface area contributed by atoms with Crippen molar-refractivity contribution in [2.45, 2.75) is 25.6 Å². The maximum absolute atomic E-state index is 12.1. The minimum absolute atomic E-state index is 0.319. The van der Waals surface area contributed by atoms with Gasteiger partial charge in [-0.05, 0) is 6.42 Å². The summed E-state index contributed by atoms with van der Waals surface area (Å²) in [4.78, 5) is 3.42. The number of rotatable bonds is 2. The number of nitrogens with zero attached hydrogens (tertiary/aromatic N) is 1. The maximum atomic E-state index is 12.1. The Bertz CT molecular complexity index is 282. The monoisotopic (exact) mass is 210 g/mol. The first-order valence-corrected chi connectivity index (χ1v) is 4.61. The largest absolute Gasteiger partial charge is 0.443 e. The molecule has 0 aromatic carbocycles. The zero-order chi connectivity index (χ0) is 10.1. The summed E-state index contributed by atoms with van der Waals surface area (Å²) in [7, 11) is 0. The van der Waals surface area contributed by atoms with Crippen LogP contribution in [0.5, 0.6) is 0 Å². The second-order valence-electron chi connectivity index (χ2n) is 2.59. The topological polar surface area (TPSA) is 38.9 Å². The Morgan fingerprint density at radius 3 is 2.62 bits per heavy atom. The summed E-state index contributed by atoms with van der Waals surface area (Å²) >= 11 is 0.584. The molecule has 0 aliphatic heterocycles. The number of hydrogen-bond acceptors (Lipinski definition) is 3. The van der Waals surface area contributed by atoms with E-state index < -0.39 is 17.2 Å². The highest BCUT2D eigenvalue weighted by Gasteiger charge is 2.34. The summed E-state index contributed by atoms with van der Waals surface area (Å²) in [5.74, 6) is 0. The molecule has 0 saturated carbocycles. The third-order valence-electron chi connectivity index (χ3n) is 1.58. The van der Waals surface area contributed by atoms with E-state index in [0.29, 0.717) is 23.5 Å². The van der Waals surface area contributed by atoms with Gasteiger partial charge < -0.3 is 5.73 Å². The molecule has 2 N–H and O–H groups in total. The standard InChI is InChI=1S/C7H9F3N2S/c1-2-4(11)5-3-13-6(12-5)7(8,9)10/h3-4H,2,11H2,1H3. The Labute approximate surface area is 77.6 Å². The van der Waals surface area contributed by atoms with Crippen LogP contribution in [-0.2, 0) is 6.18 Å². The Kier molecular flexibility index (Phi) is 2.92. The van der Waals surface area contributed by atoms with E-state index in [0.717, 1.165) is 0 Å². The van der Waals surface area contributed by atoms with Crippen LogP contribution in [0.4, 0.5) is 13.2 Å². The first-order chi connectivity index (χ1) is 5.95. The van der Waals surface area contributed by atoms with Gasteiger partial charge in [0.25, 0.3) is 0 Å². The van der Waals surface area contributed by atoms with Crippen LogP contribution < -0.4 is 5.73 Å². The van der Waals surface area contributed by atoms with Gasteiger partial charge in [-0.25, -0.2) is 4.98 Å². The van der Waals surface area contributed by atoms with Crippen LogP contribution in [-0.4, -0.2) is 4.98 Å². The van der Waals surface area contributed by atoms with Crippen molar-refractivity contribution in [3.05, 3.63) is 16.1 Å². The molecule has 1 aromatic heterocycles. The Morgan fingerprint density at radius 2 is 2.23 bits per heavy atom. The normalized spacial score (nSPS) is 14.5. The van der Waals surface area contributed by atoms with Crippen molar-refractivity contribution in [2.24, 2.45) is 5.73 Å². The molecule has 0 spiro atoms. The molecule has 6 heteroatoms. The fourth-order valence-corrected chi connectivity index (χ4v) is 1.55. The van der Waals surface area contributed by atoms with Crippen LogP contribution in [0.2, 0.25) is 0 Å². The molecule has 0 bridgehead atoms. The summed E-state index contributed by atoms with van der Waals surface area (Å²) < 4.78 is 36.2. The molecular weight excluding hydrogens is 201 g/mol. The van der Waals surface area contributed by atoms with Crippen LogP contribution >= 0.6 is 11.3 Å². The van der Waals surface area contributed by atoms with Gasteiger partial charge in [0.05, 0.1) is 5.69 Å². The van der Waals surface area contributed by atoms with Crippen LogP contribution in [0.3, 0.4) is 0 Å². The quantitative estimate of drug-likeness (QED) is 0.814. The summed E-state index contributed by atoms with van der Waals surface area (Å²) in [6.45, 7) is 1.80. The number of alkyl halides is 3. The highest BCUT2D eigenvalue weighted by molar-refractivity contribution is 7.09. The second-order valence-corrected chi connectivity index (χ2v) is 3.45. The lowest BCUT2D eigenvalue weighted by molar-refractivity contribution is -0.137. The molecule has 1 unspecified atom stereocenters. The molecule has 0 aliphatic rings. The molecule has 2 nitrogen and oxygen atoms in total. The number of halogens is 3. The summed E-state index contributed by atoms with van der Waals surface area (Å²) in [6, 6.07) is -0.396. The van der Waals surface area contributed by atoms with Gasteiger partial charge in [0, 0.05) is 11.4 Å². The van der Waals surface area contributed by atoms with Gasteiger partial charge in [-0.3, -0.25) is 0 Å². The predicted octanol–water partition coefficient (Wildman–Crippen LogP) is 2.57. The smallest absolute Gasteiger partial charge is 0.323 e. The van der Waals surface area contributed by atoms with Gasteiger partial charge in [0.1, 0.15) is 0 Å². The van der Waals surface area contributed by atoms with Crippen LogP contribution in [0.15, 0.2) is 5.38 Å². The Balaban J connectivity index is 2.87. The van der Waals surface area contributed by atoms with Crippen molar-refractivity contribution in [3.8, 4) is 0 Å².